The lowest BCUT2D eigenvalue weighted by Crippen LogP contribution is -2.10. The van der Waals surface area contributed by atoms with E-state index in [1.165, 1.54) is 6.07 Å². The molecule has 1 saturated carbocycles. The van der Waals surface area contributed by atoms with E-state index in [9.17, 15) is 14.4 Å². The molecule has 3 rings (SSSR count). The van der Waals surface area contributed by atoms with Crippen molar-refractivity contribution in [3.63, 3.8) is 0 Å². The first-order chi connectivity index (χ1) is 15.2. The molecule has 0 radical (unpaired) electrons. The predicted molar refractivity (Wildman–Crippen MR) is 132 cm³/mol. The van der Waals surface area contributed by atoms with E-state index >= 15 is 0 Å². The molecular formula is C27H32ClFN2O. The minimum Gasteiger partial charge on any atom is -0.385 e. The van der Waals surface area contributed by atoms with E-state index < -0.39 is 0 Å². The van der Waals surface area contributed by atoms with Crippen molar-refractivity contribution in [2.75, 3.05) is 12.4 Å². The average molecular weight is 455 g/mol. The number of benzene rings is 2. The van der Waals surface area contributed by atoms with Gasteiger partial charge in [0.25, 0.3) is 0 Å². The Bertz CT molecular complexity index is 1040. The van der Waals surface area contributed by atoms with Crippen molar-refractivity contribution in [2.45, 2.75) is 59.8 Å². The van der Waals surface area contributed by atoms with E-state index in [2.05, 4.69) is 24.4 Å². The van der Waals surface area contributed by atoms with Crippen molar-refractivity contribution >= 4 is 28.6 Å². The van der Waals surface area contributed by atoms with Crippen LogP contribution in [0.3, 0.4) is 0 Å². The van der Waals surface area contributed by atoms with Gasteiger partial charge < -0.3 is 5.32 Å². The third-order valence-electron chi connectivity index (χ3n) is 5.85. The standard InChI is InChI=1S/C20H20ClFN2.C7H12O/c1-5-6-15(16-7-8-18(22)20(24-4)19(16)21)17-10-14(11-23)12(2)9-13(17)3;1-6-2-4-7(8)5-3-6/h6-10,24H,5H2,1-4H3;6H,2-5H2,1H3/b15-6-;. The molecule has 2 aromatic carbocycles. The SMILES string of the molecule is CC/C=C(\c1cc(C#N)c(C)cc1C)c1ccc(F)c(NC)c1Cl.CC1CCC(=O)CC1. The number of carbonyl (C=O) groups is 1. The molecule has 0 saturated heterocycles. The fourth-order valence-electron chi connectivity index (χ4n) is 3.91. The van der Waals surface area contributed by atoms with Gasteiger partial charge in [-0.2, -0.15) is 5.26 Å². The van der Waals surface area contributed by atoms with Gasteiger partial charge in [-0.1, -0.05) is 37.6 Å². The molecule has 32 heavy (non-hydrogen) atoms. The van der Waals surface area contributed by atoms with Gasteiger partial charge in [0.2, 0.25) is 0 Å². The lowest BCUT2D eigenvalue weighted by molar-refractivity contribution is -0.120. The van der Waals surface area contributed by atoms with Gasteiger partial charge in [-0.3, -0.25) is 4.79 Å². The van der Waals surface area contributed by atoms with Crippen LogP contribution in [0.5, 0.6) is 0 Å². The number of hydrogen-bond donors (Lipinski definition) is 1. The van der Waals surface area contributed by atoms with Crippen LogP contribution in [0, 0.1) is 36.9 Å². The molecule has 3 nitrogen and oxygen atoms in total. The molecule has 0 bridgehead atoms. The molecule has 0 spiro atoms. The summed E-state index contributed by atoms with van der Waals surface area (Å²) in [5.41, 5.74) is 5.50. The normalized spacial score (nSPS) is 14.4. The molecular weight excluding hydrogens is 423 g/mol. The van der Waals surface area contributed by atoms with Crippen molar-refractivity contribution in [2.24, 2.45) is 5.92 Å². The molecule has 0 amide bonds. The lowest BCUT2D eigenvalue weighted by Gasteiger charge is -2.17. The van der Waals surface area contributed by atoms with Gasteiger partial charge in [0, 0.05) is 25.5 Å². The van der Waals surface area contributed by atoms with E-state index in [0.29, 0.717) is 16.4 Å². The summed E-state index contributed by atoms with van der Waals surface area (Å²) in [5.74, 6) is 0.872. The van der Waals surface area contributed by atoms with Gasteiger partial charge in [-0.25, -0.2) is 4.39 Å². The molecule has 5 heteroatoms. The number of ketones is 1. The Balaban J connectivity index is 0.000000380. The van der Waals surface area contributed by atoms with Crippen LogP contribution in [0.15, 0.2) is 30.3 Å². The Morgan fingerprint density at radius 1 is 1.22 bits per heavy atom. The highest BCUT2D eigenvalue weighted by Gasteiger charge is 2.17. The molecule has 1 aliphatic rings. The molecule has 1 N–H and O–H groups in total. The zero-order valence-corrected chi connectivity index (χ0v) is 20.4. The van der Waals surface area contributed by atoms with Crippen molar-refractivity contribution in [1.29, 1.82) is 5.26 Å². The molecule has 0 heterocycles. The maximum absolute atomic E-state index is 13.9. The number of nitrogens with zero attached hydrogens (tertiary/aromatic N) is 1. The van der Waals surface area contributed by atoms with Crippen LogP contribution in [-0.2, 0) is 4.79 Å². The Hall–Kier alpha value is -2.64. The first kappa shape index (κ1) is 25.6. The van der Waals surface area contributed by atoms with Gasteiger partial charge in [-0.05, 0) is 79.5 Å². The highest BCUT2D eigenvalue weighted by molar-refractivity contribution is 6.35. The van der Waals surface area contributed by atoms with Gasteiger partial charge in [-0.15, -0.1) is 0 Å². The third-order valence-corrected chi connectivity index (χ3v) is 6.25. The Kier molecular flexibility index (Phi) is 9.47. The summed E-state index contributed by atoms with van der Waals surface area (Å²) in [5, 5.41) is 12.5. The Labute approximate surface area is 196 Å². The maximum atomic E-state index is 13.9. The zero-order valence-electron chi connectivity index (χ0n) is 19.6. The number of rotatable bonds is 4. The summed E-state index contributed by atoms with van der Waals surface area (Å²) in [7, 11) is 1.64. The van der Waals surface area contributed by atoms with Crippen LogP contribution in [0.25, 0.3) is 5.57 Å². The second-order valence-electron chi connectivity index (χ2n) is 8.38. The largest absolute Gasteiger partial charge is 0.385 e. The van der Waals surface area contributed by atoms with E-state index in [4.69, 9.17) is 11.6 Å². The summed E-state index contributed by atoms with van der Waals surface area (Å²) in [6.45, 7) is 8.17. The number of allylic oxidation sites excluding steroid dienone is 1. The summed E-state index contributed by atoms with van der Waals surface area (Å²) in [4.78, 5) is 10.6. The number of aryl methyl sites for hydroxylation is 2. The third kappa shape index (κ3) is 6.20. The monoisotopic (exact) mass is 454 g/mol. The minimum atomic E-state index is -0.388. The number of Topliss-reactive ketones (excluding diaryl/α,β-unsaturated/α-hetero) is 1. The molecule has 0 atom stereocenters. The number of halogens is 2. The van der Waals surface area contributed by atoms with Gasteiger partial charge in [0.05, 0.1) is 22.3 Å². The second-order valence-corrected chi connectivity index (χ2v) is 8.75. The van der Waals surface area contributed by atoms with Crippen LogP contribution >= 0.6 is 11.6 Å². The first-order valence-electron chi connectivity index (χ1n) is 11.1. The number of anilines is 1. The van der Waals surface area contributed by atoms with Crippen LogP contribution in [0.1, 0.15) is 73.8 Å². The van der Waals surface area contributed by atoms with Gasteiger partial charge in [0.1, 0.15) is 11.6 Å². The first-order valence-corrected chi connectivity index (χ1v) is 11.5. The highest BCUT2D eigenvalue weighted by Crippen LogP contribution is 2.37. The maximum Gasteiger partial charge on any atom is 0.147 e. The van der Waals surface area contributed by atoms with E-state index in [-0.39, 0.29) is 11.5 Å². The predicted octanol–water partition coefficient (Wildman–Crippen LogP) is 7.62. The molecule has 2 aromatic rings. The molecule has 0 aromatic heterocycles. The Morgan fingerprint density at radius 3 is 2.41 bits per heavy atom. The van der Waals surface area contributed by atoms with E-state index in [0.717, 1.165) is 65.8 Å². The van der Waals surface area contributed by atoms with Gasteiger partial charge in [0.15, 0.2) is 0 Å². The molecule has 170 valence electrons. The summed E-state index contributed by atoms with van der Waals surface area (Å²) in [6, 6.07) is 9.19. The lowest BCUT2D eigenvalue weighted by atomic mass is 9.90. The van der Waals surface area contributed by atoms with Crippen molar-refractivity contribution in [3.8, 4) is 6.07 Å². The van der Waals surface area contributed by atoms with E-state index in [1.807, 2.05) is 32.9 Å². The van der Waals surface area contributed by atoms with Crippen molar-refractivity contribution in [1.82, 2.24) is 0 Å². The molecule has 1 aliphatic carbocycles. The second kappa shape index (κ2) is 11.8. The number of nitriles is 1. The van der Waals surface area contributed by atoms with Crippen LogP contribution < -0.4 is 5.32 Å². The summed E-state index contributed by atoms with van der Waals surface area (Å²) >= 11 is 6.44. The van der Waals surface area contributed by atoms with Crippen LogP contribution in [-0.4, -0.2) is 12.8 Å². The number of hydrogen-bond acceptors (Lipinski definition) is 3. The van der Waals surface area contributed by atoms with E-state index in [1.54, 1.807) is 13.1 Å². The van der Waals surface area contributed by atoms with Crippen LogP contribution in [0.4, 0.5) is 10.1 Å². The molecule has 0 aliphatic heterocycles. The average Bonchev–Trinajstić information content (AvgIpc) is 2.76. The van der Waals surface area contributed by atoms with Crippen molar-refractivity contribution in [3.05, 3.63) is 69.0 Å². The quantitative estimate of drug-likeness (QED) is 0.516. The fraction of sp³-hybridized carbons (Fsp3) is 0.407. The topological polar surface area (TPSA) is 52.9 Å². The minimum absolute atomic E-state index is 0.279. The zero-order chi connectivity index (χ0) is 23.8. The molecule has 1 fully saturated rings. The van der Waals surface area contributed by atoms with Crippen molar-refractivity contribution < 1.29 is 9.18 Å². The molecule has 0 unspecified atom stereocenters. The smallest absolute Gasteiger partial charge is 0.147 e. The Morgan fingerprint density at radius 2 is 1.88 bits per heavy atom. The van der Waals surface area contributed by atoms with Gasteiger partial charge >= 0.3 is 0 Å². The number of carbonyl (C=O) groups excluding carboxylic acids is 1. The number of nitrogens with one attached hydrogen (secondary N) is 1. The summed E-state index contributed by atoms with van der Waals surface area (Å²) < 4.78 is 13.9. The van der Waals surface area contributed by atoms with Crippen LogP contribution in [0.2, 0.25) is 5.02 Å². The summed E-state index contributed by atoms with van der Waals surface area (Å²) in [6.07, 6.45) is 6.77. The highest BCUT2D eigenvalue weighted by atomic mass is 35.5. The fourth-order valence-corrected chi connectivity index (χ4v) is 4.26.